The highest BCUT2D eigenvalue weighted by atomic mass is 35.5. The van der Waals surface area contributed by atoms with Crippen LogP contribution in [0.15, 0.2) is 48.5 Å². The second kappa shape index (κ2) is 8.68. The molecule has 2 aromatic rings. The highest BCUT2D eigenvalue weighted by Crippen LogP contribution is 2.28. The Kier molecular flexibility index (Phi) is 6.08. The first-order chi connectivity index (χ1) is 13.0. The van der Waals surface area contributed by atoms with Crippen LogP contribution in [0.25, 0.3) is 6.08 Å². The molecule has 1 amide bonds. The number of amides is 1. The molecule has 3 rings (SSSR count). The van der Waals surface area contributed by atoms with Crippen molar-refractivity contribution in [3.63, 3.8) is 0 Å². The number of hydrogen-bond acceptors (Lipinski definition) is 4. The number of nitrogens with zero attached hydrogens (tertiary/aromatic N) is 2. The topological polar surface area (TPSA) is 75.5 Å². The van der Waals surface area contributed by atoms with Crippen LogP contribution >= 0.6 is 11.6 Å². The van der Waals surface area contributed by atoms with Gasteiger partial charge >= 0.3 is 0 Å². The van der Waals surface area contributed by atoms with Crippen molar-refractivity contribution in [2.24, 2.45) is 0 Å². The van der Waals surface area contributed by atoms with Gasteiger partial charge in [0.25, 0.3) is 5.69 Å². The van der Waals surface area contributed by atoms with E-state index in [0.717, 1.165) is 37.3 Å². The minimum atomic E-state index is -0.547. The molecule has 0 aliphatic carbocycles. The zero-order valence-electron chi connectivity index (χ0n) is 14.7. The molecular formula is C20H20ClN3O3. The lowest BCUT2D eigenvalue weighted by Gasteiger charge is -2.30. The summed E-state index contributed by atoms with van der Waals surface area (Å²) in [5.41, 5.74) is 2.12. The lowest BCUT2D eigenvalue weighted by Crippen LogP contribution is -2.30. The largest absolute Gasteiger partial charge is 0.370 e. The number of anilines is 2. The van der Waals surface area contributed by atoms with Crippen LogP contribution < -0.4 is 10.2 Å². The van der Waals surface area contributed by atoms with Gasteiger partial charge in [0.05, 0.1) is 16.3 Å². The highest BCUT2D eigenvalue weighted by Gasteiger charge is 2.15. The van der Waals surface area contributed by atoms with Crippen molar-refractivity contribution in [1.29, 1.82) is 0 Å². The SMILES string of the molecule is O=C(/C=C/c1ccc(Cl)c([N+](=O)[O-])c1)Nc1ccccc1N1CCCCC1. The van der Waals surface area contributed by atoms with Crippen molar-refractivity contribution in [3.8, 4) is 0 Å². The van der Waals surface area contributed by atoms with E-state index in [1.165, 1.54) is 30.7 Å². The number of carbonyl (C=O) groups excluding carboxylic acids is 1. The van der Waals surface area contributed by atoms with Crippen LogP contribution in [0.3, 0.4) is 0 Å². The van der Waals surface area contributed by atoms with Crippen molar-refractivity contribution >= 4 is 40.6 Å². The molecule has 0 saturated carbocycles. The van der Waals surface area contributed by atoms with E-state index >= 15 is 0 Å². The molecule has 0 aromatic heterocycles. The summed E-state index contributed by atoms with van der Waals surface area (Å²) in [5.74, 6) is -0.294. The number of rotatable bonds is 5. The minimum absolute atomic E-state index is 0.0667. The van der Waals surface area contributed by atoms with Crippen molar-refractivity contribution in [2.75, 3.05) is 23.3 Å². The molecule has 1 heterocycles. The van der Waals surface area contributed by atoms with Gasteiger partial charge in [-0.2, -0.15) is 0 Å². The van der Waals surface area contributed by atoms with E-state index in [1.807, 2.05) is 24.3 Å². The van der Waals surface area contributed by atoms with E-state index < -0.39 is 4.92 Å². The average Bonchev–Trinajstić information content (AvgIpc) is 2.68. The Morgan fingerprint density at radius 2 is 1.89 bits per heavy atom. The van der Waals surface area contributed by atoms with Crippen molar-refractivity contribution in [1.82, 2.24) is 0 Å². The van der Waals surface area contributed by atoms with Gasteiger partial charge in [0.2, 0.25) is 5.91 Å². The second-order valence-corrected chi connectivity index (χ2v) is 6.76. The predicted molar refractivity (Wildman–Crippen MR) is 108 cm³/mol. The number of hydrogen-bond donors (Lipinski definition) is 1. The van der Waals surface area contributed by atoms with Gasteiger partial charge < -0.3 is 10.2 Å². The monoisotopic (exact) mass is 385 g/mol. The van der Waals surface area contributed by atoms with Gasteiger partial charge in [-0.15, -0.1) is 0 Å². The number of carbonyl (C=O) groups is 1. The average molecular weight is 386 g/mol. The molecule has 2 aromatic carbocycles. The maximum atomic E-state index is 12.3. The first kappa shape index (κ1) is 18.9. The van der Waals surface area contributed by atoms with Crippen LogP contribution in [0.1, 0.15) is 24.8 Å². The highest BCUT2D eigenvalue weighted by molar-refractivity contribution is 6.32. The van der Waals surface area contributed by atoms with E-state index in [1.54, 1.807) is 6.07 Å². The summed E-state index contributed by atoms with van der Waals surface area (Å²) in [5, 5.41) is 13.9. The number of benzene rings is 2. The summed E-state index contributed by atoms with van der Waals surface area (Å²) in [4.78, 5) is 25.0. The molecule has 140 valence electrons. The molecule has 1 fully saturated rings. The van der Waals surface area contributed by atoms with Gasteiger partial charge in [-0.05, 0) is 49.1 Å². The second-order valence-electron chi connectivity index (χ2n) is 6.36. The Morgan fingerprint density at radius 1 is 1.15 bits per heavy atom. The molecule has 0 radical (unpaired) electrons. The molecule has 27 heavy (non-hydrogen) atoms. The minimum Gasteiger partial charge on any atom is -0.370 e. The molecule has 0 atom stereocenters. The van der Waals surface area contributed by atoms with E-state index in [-0.39, 0.29) is 16.6 Å². The number of nitrogens with one attached hydrogen (secondary N) is 1. The van der Waals surface area contributed by atoms with E-state index in [4.69, 9.17) is 11.6 Å². The number of para-hydroxylation sites is 2. The van der Waals surface area contributed by atoms with E-state index in [2.05, 4.69) is 10.2 Å². The lowest BCUT2D eigenvalue weighted by molar-refractivity contribution is -0.384. The van der Waals surface area contributed by atoms with Crippen molar-refractivity contribution in [2.45, 2.75) is 19.3 Å². The third kappa shape index (κ3) is 4.86. The van der Waals surface area contributed by atoms with Crippen LogP contribution in [-0.2, 0) is 4.79 Å². The number of piperidine rings is 1. The van der Waals surface area contributed by atoms with Gasteiger partial charge in [0.15, 0.2) is 0 Å². The van der Waals surface area contributed by atoms with Crippen molar-refractivity contribution < 1.29 is 9.72 Å². The van der Waals surface area contributed by atoms with Gasteiger partial charge in [-0.3, -0.25) is 14.9 Å². The molecule has 1 aliphatic heterocycles. The third-order valence-corrected chi connectivity index (χ3v) is 4.77. The van der Waals surface area contributed by atoms with Crippen LogP contribution in [0, 0.1) is 10.1 Å². The summed E-state index contributed by atoms with van der Waals surface area (Å²) < 4.78 is 0. The zero-order valence-corrected chi connectivity index (χ0v) is 15.5. The molecule has 0 spiro atoms. The van der Waals surface area contributed by atoms with Crippen LogP contribution in [-0.4, -0.2) is 23.9 Å². The summed E-state index contributed by atoms with van der Waals surface area (Å²) >= 11 is 5.80. The fourth-order valence-corrected chi connectivity index (χ4v) is 3.30. The molecule has 1 saturated heterocycles. The molecule has 6 nitrogen and oxygen atoms in total. The maximum Gasteiger partial charge on any atom is 0.288 e. The number of nitro groups is 1. The molecule has 7 heteroatoms. The lowest BCUT2D eigenvalue weighted by atomic mass is 10.1. The van der Waals surface area contributed by atoms with Gasteiger partial charge in [-0.25, -0.2) is 0 Å². The Labute approximate surface area is 162 Å². The fourth-order valence-electron chi connectivity index (χ4n) is 3.11. The Balaban J connectivity index is 1.72. The quantitative estimate of drug-likeness (QED) is 0.451. The van der Waals surface area contributed by atoms with Crippen molar-refractivity contribution in [3.05, 3.63) is 69.2 Å². The summed E-state index contributed by atoms with van der Waals surface area (Å²) in [6.07, 6.45) is 6.43. The Bertz CT molecular complexity index is 877. The first-order valence-electron chi connectivity index (χ1n) is 8.81. The predicted octanol–water partition coefficient (Wildman–Crippen LogP) is 4.89. The van der Waals surface area contributed by atoms with Crippen LogP contribution in [0.2, 0.25) is 5.02 Å². The van der Waals surface area contributed by atoms with Crippen LogP contribution in [0.4, 0.5) is 17.1 Å². The number of nitro benzene ring substituents is 1. The van der Waals surface area contributed by atoms with Gasteiger partial charge in [0.1, 0.15) is 5.02 Å². The third-order valence-electron chi connectivity index (χ3n) is 4.45. The Morgan fingerprint density at radius 3 is 2.63 bits per heavy atom. The smallest absolute Gasteiger partial charge is 0.288 e. The molecular weight excluding hydrogens is 366 g/mol. The zero-order chi connectivity index (χ0) is 19.2. The maximum absolute atomic E-state index is 12.3. The Hall–Kier alpha value is -2.86. The molecule has 0 bridgehead atoms. The van der Waals surface area contributed by atoms with E-state index in [0.29, 0.717) is 5.56 Å². The van der Waals surface area contributed by atoms with Gasteiger partial charge in [-0.1, -0.05) is 29.8 Å². The van der Waals surface area contributed by atoms with E-state index in [9.17, 15) is 14.9 Å². The summed E-state index contributed by atoms with van der Waals surface area (Å²) in [6.45, 7) is 1.97. The molecule has 1 aliphatic rings. The van der Waals surface area contributed by atoms with Crippen LogP contribution in [0.5, 0.6) is 0 Å². The normalized spacial score (nSPS) is 14.3. The number of halogens is 1. The van der Waals surface area contributed by atoms with Gasteiger partial charge in [0, 0.05) is 25.2 Å². The standard InChI is InChI=1S/C20H20ClN3O3/c21-16-10-8-15(14-19(16)24(26)27)9-11-20(25)22-17-6-2-3-7-18(17)23-12-4-1-5-13-23/h2-3,6-11,14H,1,4-5,12-13H2,(H,22,25)/b11-9+. The summed E-state index contributed by atoms with van der Waals surface area (Å²) in [7, 11) is 0. The fraction of sp³-hybridized carbons (Fsp3) is 0.250. The first-order valence-corrected chi connectivity index (χ1v) is 9.19. The molecule has 1 N–H and O–H groups in total. The summed E-state index contributed by atoms with van der Waals surface area (Å²) in [6, 6.07) is 12.1. The molecule has 0 unspecified atom stereocenters.